The number of nitrogens with zero attached hydrogens (tertiary/aromatic N) is 1. The summed E-state index contributed by atoms with van der Waals surface area (Å²) in [6, 6.07) is 13.7. The molecule has 0 aliphatic rings. The van der Waals surface area contributed by atoms with E-state index in [1.165, 1.54) is 4.90 Å². The SMILES string of the molecule is Br.CN(C(=O)CN)c1ccc(Cl)cc1C(=O)c1ccccc1. The van der Waals surface area contributed by atoms with Crippen molar-refractivity contribution in [3.8, 4) is 0 Å². The van der Waals surface area contributed by atoms with Gasteiger partial charge in [0.1, 0.15) is 0 Å². The first-order valence-corrected chi connectivity index (χ1v) is 6.78. The highest BCUT2D eigenvalue weighted by atomic mass is 79.9. The molecule has 2 aromatic carbocycles. The number of carbonyl (C=O) groups is 2. The van der Waals surface area contributed by atoms with Crippen LogP contribution in [0.3, 0.4) is 0 Å². The Morgan fingerprint density at radius 3 is 2.36 bits per heavy atom. The van der Waals surface area contributed by atoms with E-state index in [4.69, 9.17) is 17.3 Å². The zero-order chi connectivity index (χ0) is 15.4. The lowest BCUT2D eigenvalue weighted by Gasteiger charge is -2.20. The van der Waals surface area contributed by atoms with Crippen LogP contribution in [0.15, 0.2) is 48.5 Å². The van der Waals surface area contributed by atoms with Gasteiger partial charge in [0.15, 0.2) is 5.78 Å². The Morgan fingerprint density at radius 2 is 1.77 bits per heavy atom. The first-order chi connectivity index (χ1) is 10.0. The fraction of sp³-hybridized carbons (Fsp3) is 0.125. The lowest BCUT2D eigenvalue weighted by Crippen LogP contribution is -2.33. The lowest BCUT2D eigenvalue weighted by atomic mass is 10.0. The second-order valence-corrected chi connectivity index (χ2v) is 4.95. The van der Waals surface area contributed by atoms with Crippen LogP contribution < -0.4 is 10.6 Å². The number of carbonyl (C=O) groups excluding carboxylic acids is 2. The molecule has 0 bridgehead atoms. The summed E-state index contributed by atoms with van der Waals surface area (Å²) in [5.41, 5.74) is 6.77. The molecule has 116 valence electrons. The van der Waals surface area contributed by atoms with Crippen LogP contribution in [0.1, 0.15) is 15.9 Å². The summed E-state index contributed by atoms with van der Waals surface area (Å²) in [5, 5.41) is 0.437. The number of nitrogens with two attached hydrogens (primary N) is 1. The van der Waals surface area contributed by atoms with Gasteiger partial charge in [-0.05, 0) is 18.2 Å². The third-order valence-electron chi connectivity index (χ3n) is 3.15. The van der Waals surface area contributed by atoms with Crippen LogP contribution in [0.2, 0.25) is 5.02 Å². The molecule has 1 amide bonds. The highest BCUT2D eigenvalue weighted by Crippen LogP contribution is 2.26. The van der Waals surface area contributed by atoms with Crippen LogP contribution in [0.25, 0.3) is 0 Å². The van der Waals surface area contributed by atoms with Crippen LogP contribution in [0.4, 0.5) is 5.69 Å². The summed E-state index contributed by atoms with van der Waals surface area (Å²) in [5.74, 6) is -0.468. The Kier molecular flexibility index (Phi) is 6.74. The molecule has 0 saturated heterocycles. The van der Waals surface area contributed by atoms with Crippen molar-refractivity contribution in [3.63, 3.8) is 0 Å². The van der Waals surface area contributed by atoms with Crippen LogP contribution in [0.5, 0.6) is 0 Å². The van der Waals surface area contributed by atoms with Gasteiger partial charge >= 0.3 is 0 Å². The number of likely N-dealkylation sites (N-methyl/N-ethyl adjacent to an activating group) is 1. The number of benzene rings is 2. The second kappa shape index (κ2) is 8.08. The highest BCUT2D eigenvalue weighted by Gasteiger charge is 2.19. The summed E-state index contributed by atoms with van der Waals surface area (Å²) in [6.07, 6.45) is 0. The van der Waals surface area contributed by atoms with Crippen LogP contribution >= 0.6 is 28.6 Å². The number of hydrogen-bond donors (Lipinski definition) is 1. The molecule has 0 aromatic heterocycles. The number of amides is 1. The molecule has 4 nitrogen and oxygen atoms in total. The molecule has 0 unspecified atom stereocenters. The molecule has 0 radical (unpaired) electrons. The van der Waals surface area contributed by atoms with E-state index in [0.29, 0.717) is 21.8 Å². The Bertz CT molecular complexity index is 677. The average molecular weight is 384 g/mol. The maximum absolute atomic E-state index is 12.6. The number of ketones is 1. The minimum atomic E-state index is -0.278. The molecular weight excluding hydrogens is 368 g/mol. The van der Waals surface area contributed by atoms with Crippen molar-refractivity contribution in [2.45, 2.75) is 0 Å². The normalized spacial score (nSPS) is 9.77. The van der Waals surface area contributed by atoms with E-state index in [1.54, 1.807) is 49.5 Å². The summed E-state index contributed by atoms with van der Waals surface area (Å²) in [6.45, 7) is -0.127. The van der Waals surface area contributed by atoms with Gasteiger partial charge in [-0.15, -0.1) is 17.0 Å². The topological polar surface area (TPSA) is 63.4 Å². The zero-order valence-corrected chi connectivity index (χ0v) is 14.4. The van der Waals surface area contributed by atoms with Gasteiger partial charge < -0.3 is 10.6 Å². The van der Waals surface area contributed by atoms with E-state index in [0.717, 1.165) is 0 Å². The monoisotopic (exact) mass is 382 g/mol. The van der Waals surface area contributed by atoms with Gasteiger partial charge in [0, 0.05) is 23.2 Å². The standard InChI is InChI=1S/C16H15ClN2O2.BrH/c1-19(15(20)10-18)14-8-7-12(17)9-13(14)16(21)11-5-3-2-4-6-11;/h2-9H,10,18H2,1H3;1H. The van der Waals surface area contributed by atoms with Gasteiger partial charge in [-0.1, -0.05) is 41.9 Å². The van der Waals surface area contributed by atoms with Crippen molar-refractivity contribution in [2.24, 2.45) is 5.73 Å². The maximum Gasteiger partial charge on any atom is 0.240 e. The van der Waals surface area contributed by atoms with Gasteiger partial charge in [0.25, 0.3) is 0 Å². The highest BCUT2D eigenvalue weighted by molar-refractivity contribution is 8.93. The van der Waals surface area contributed by atoms with E-state index in [1.807, 2.05) is 6.07 Å². The van der Waals surface area contributed by atoms with Gasteiger partial charge in [-0.25, -0.2) is 0 Å². The predicted octanol–water partition coefficient (Wildman–Crippen LogP) is 3.07. The van der Waals surface area contributed by atoms with E-state index < -0.39 is 0 Å². The molecule has 0 atom stereocenters. The van der Waals surface area contributed by atoms with E-state index >= 15 is 0 Å². The fourth-order valence-electron chi connectivity index (χ4n) is 2.00. The molecule has 0 heterocycles. The van der Waals surface area contributed by atoms with Gasteiger partial charge in [0.2, 0.25) is 5.91 Å². The molecule has 0 fully saturated rings. The first kappa shape index (κ1) is 18.4. The summed E-state index contributed by atoms with van der Waals surface area (Å²) in [7, 11) is 1.58. The Morgan fingerprint density at radius 1 is 1.14 bits per heavy atom. The van der Waals surface area contributed by atoms with Crippen molar-refractivity contribution in [3.05, 3.63) is 64.7 Å². The summed E-state index contributed by atoms with van der Waals surface area (Å²) in [4.78, 5) is 25.7. The zero-order valence-electron chi connectivity index (χ0n) is 12.0. The molecule has 6 heteroatoms. The van der Waals surface area contributed by atoms with Crippen molar-refractivity contribution >= 4 is 46.0 Å². The quantitative estimate of drug-likeness (QED) is 0.825. The van der Waals surface area contributed by atoms with E-state index in [9.17, 15) is 9.59 Å². The van der Waals surface area contributed by atoms with Gasteiger partial charge in [-0.2, -0.15) is 0 Å². The summed E-state index contributed by atoms with van der Waals surface area (Å²) < 4.78 is 0. The number of anilines is 1. The van der Waals surface area contributed by atoms with Crippen LogP contribution in [-0.2, 0) is 4.79 Å². The molecule has 22 heavy (non-hydrogen) atoms. The fourth-order valence-corrected chi connectivity index (χ4v) is 2.17. The van der Waals surface area contributed by atoms with Crippen molar-refractivity contribution < 1.29 is 9.59 Å². The smallest absolute Gasteiger partial charge is 0.240 e. The van der Waals surface area contributed by atoms with Gasteiger partial charge in [0.05, 0.1) is 12.2 Å². The Balaban J connectivity index is 0.00000242. The van der Waals surface area contributed by atoms with E-state index in [2.05, 4.69) is 0 Å². The minimum Gasteiger partial charge on any atom is -0.322 e. The van der Waals surface area contributed by atoms with Crippen molar-refractivity contribution in [2.75, 3.05) is 18.5 Å². The molecule has 0 aliphatic carbocycles. The molecule has 0 spiro atoms. The first-order valence-electron chi connectivity index (χ1n) is 6.40. The minimum absolute atomic E-state index is 0. The van der Waals surface area contributed by atoms with Crippen LogP contribution in [0, 0.1) is 0 Å². The molecule has 2 rings (SSSR count). The molecule has 0 saturated carbocycles. The van der Waals surface area contributed by atoms with Crippen LogP contribution in [-0.4, -0.2) is 25.3 Å². The maximum atomic E-state index is 12.6. The molecule has 2 N–H and O–H groups in total. The Hall–Kier alpha value is -1.69. The third-order valence-corrected chi connectivity index (χ3v) is 3.38. The number of rotatable bonds is 4. The molecule has 2 aromatic rings. The van der Waals surface area contributed by atoms with Crippen molar-refractivity contribution in [1.29, 1.82) is 0 Å². The number of halogens is 2. The summed E-state index contributed by atoms with van der Waals surface area (Å²) >= 11 is 5.99. The second-order valence-electron chi connectivity index (χ2n) is 4.51. The lowest BCUT2D eigenvalue weighted by molar-refractivity contribution is -0.117. The van der Waals surface area contributed by atoms with Gasteiger partial charge in [-0.3, -0.25) is 9.59 Å². The Labute approximate surface area is 144 Å². The number of hydrogen-bond acceptors (Lipinski definition) is 3. The average Bonchev–Trinajstić information content (AvgIpc) is 2.53. The third kappa shape index (κ3) is 3.94. The predicted molar refractivity (Wildman–Crippen MR) is 94.1 cm³/mol. The van der Waals surface area contributed by atoms with E-state index in [-0.39, 0.29) is 35.2 Å². The molecule has 0 aliphatic heterocycles. The molecular formula is C16H16BrClN2O2. The van der Waals surface area contributed by atoms with Crippen molar-refractivity contribution in [1.82, 2.24) is 0 Å². The largest absolute Gasteiger partial charge is 0.322 e.